The number of carbonyl (C=O) groups is 2. The molecule has 1 rings (SSSR count). The highest BCUT2D eigenvalue weighted by Crippen LogP contribution is 2.28. The molecule has 1 fully saturated rings. The second kappa shape index (κ2) is 6.95. The van der Waals surface area contributed by atoms with E-state index in [1.807, 2.05) is 6.92 Å². The fourth-order valence-electron chi connectivity index (χ4n) is 2.88. The molecule has 0 aliphatic heterocycles. The molecule has 0 aromatic heterocycles. The molecule has 20 heavy (non-hydrogen) atoms. The average molecular weight is 284 g/mol. The summed E-state index contributed by atoms with van der Waals surface area (Å²) in [5.74, 6) is -0.404. The second-order valence-electron chi connectivity index (χ2n) is 6.47. The van der Waals surface area contributed by atoms with Crippen molar-refractivity contribution in [2.75, 3.05) is 7.05 Å². The topological polar surface area (TPSA) is 69.6 Å². The molecule has 1 saturated carbocycles. The van der Waals surface area contributed by atoms with Crippen molar-refractivity contribution in [3.8, 4) is 0 Å². The Hall–Kier alpha value is -1.26. The molecular formula is C15H28N2O3. The van der Waals surface area contributed by atoms with Crippen molar-refractivity contribution >= 4 is 12.0 Å². The first kappa shape index (κ1) is 16.8. The van der Waals surface area contributed by atoms with Crippen molar-refractivity contribution in [1.82, 2.24) is 10.2 Å². The van der Waals surface area contributed by atoms with Gasteiger partial charge in [0.1, 0.15) is 5.54 Å². The summed E-state index contributed by atoms with van der Waals surface area (Å²) < 4.78 is 0. The van der Waals surface area contributed by atoms with E-state index < -0.39 is 11.5 Å². The lowest BCUT2D eigenvalue weighted by atomic mass is 9.82. The number of aliphatic carboxylic acids is 1. The molecule has 1 aliphatic rings. The largest absolute Gasteiger partial charge is 0.480 e. The van der Waals surface area contributed by atoms with Crippen molar-refractivity contribution < 1.29 is 14.7 Å². The van der Waals surface area contributed by atoms with Crippen LogP contribution < -0.4 is 5.32 Å². The van der Waals surface area contributed by atoms with Gasteiger partial charge in [-0.15, -0.1) is 0 Å². The molecule has 2 amide bonds. The van der Waals surface area contributed by atoms with Gasteiger partial charge in [0.2, 0.25) is 0 Å². The zero-order valence-electron chi connectivity index (χ0n) is 13.1. The molecule has 0 bridgehead atoms. The number of hydrogen-bond acceptors (Lipinski definition) is 2. The minimum Gasteiger partial charge on any atom is -0.480 e. The zero-order valence-corrected chi connectivity index (χ0v) is 13.1. The summed E-state index contributed by atoms with van der Waals surface area (Å²) in [6, 6.07) is -0.174. The van der Waals surface area contributed by atoms with Crippen LogP contribution in [0.25, 0.3) is 0 Å². The molecule has 2 N–H and O–H groups in total. The molecule has 5 heteroatoms. The summed E-state index contributed by atoms with van der Waals surface area (Å²) in [7, 11) is 1.74. The van der Waals surface area contributed by atoms with Gasteiger partial charge in [-0.05, 0) is 32.1 Å². The fraction of sp³-hybridized carbons (Fsp3) is 0.867. The average Bonchev–Trinajstić information content (AvgIpc) is 2.37. The maximum Gasteiger partial charge on any atom is 0.329 e. The molecule has 0 heterocycles. The van der Waals surface area contributed by atoms with Crippen LogP contribution in [0.3, 0.4) is 0 Å². The van der Waals surface area contributed by atoms with Crippen LogP contribution in [0.2, 0.25) is 0 Å². The first-order valence-electron chi connectivity index (χ1n) is 7.57. The Balaban J connectivity index is 2.68. The first-order chi connectivity index (χ1) is 9.28. The Labute approximate surface area is 121 Å². The van der Waals surface area contributed by atoms with Gasteiger partial charge in [0.15, 0.2) is 0 Å². The Kier molecular flexibility index (Phi) is 5.84. The van der Waals surface area contributed by atoms with Gasteiger partial charge < -0.3 is 15.3 Å². The van der Waals surface area contributed by atoms with Crippen LogP contribution in [0.5, 0.6) is 0 Å². The highest BCUT2D eigenvalue weighted by atomic mass is 16.4. The number of urea groups is 1. The van der Waals surface area contributed by atoms with Crippen LogP contribution in [0.1, 0.15) is 59.3 Å². The summed E-state index contributed by atoms with van der Waals surface area (Å²) in [6.07, 6.45) is 4.73. The molecule has 0 aromatic rings. The summed E-state index contributed by atoms with van der Waals surface area (Å²) in [6.45, 7) is 6.22. The number of carbonyl (C=O) groups excluding carboxylic acids is 1. The monoisotopic (exact) mass is 284 g/mol. The van der Waals surface area contributed by atoms with E-state index in [0.29, 0.717) is 18.8 Å². The standard InChI is InChI=1S/C15H28N2O3/c1-11(2)10-12(3)17(4)14(20)16-15(13(18)19)8-6-5-7-9-15/h11-12H,5-10H2,1-4H3,(H,16,20)(H,18,19). The second-order valence-corrected chi connectivity index (χ2v) is 6.47. The van der Waals surface area contributed by atoms with Gasteiger partial charge in [-0.1, -0.05) is 33.1 Å². The van der Waals surface area contributed by atoms with E-state index in [1.165, 1.54) is 0 Å². The Morgan fingerprint density at radius 2 is 1.75 bits per heavy atom. The van der Waals surface area contributed by atoms with Gasteiger partial charge in [0.25, 0.3) is 0 Å². The third-order valence-corrected chi connectivity index (χ3v) is 4.26. The van der Waals surface area contributed by atoms with E-state index in [9.17, 15) is 14.7 Å². The summed E-state index contributed by atoms with van der Waals surface area (Å²) in [5.41, 5.74) is -1.07. The lowest BCUT2D eigenvalue weighted by molar-refractivity contribution is -0.146. The van der Waals surface area contributed by atoms with Crippen LogP contribution in [0.4, 0.5) is 4.79 Å². The maximum absolute atomic E-state index is 12.3. The molecule has 5 nitrogen and oxygen atoms in total. The predicted octanol–water partition coefficient (Wildman–Crippen LogP) is 2.85. The molecule has 0 radical (unpaired) electrons. The SMILES string of the molecule is CC(C)CC(C)N(C)C(=O)NC1(C(=O)O)CCCCC1. The molecule has 116 valence electrons. The van der Waals surface area contributed by atoms with E-state index in [1.54, 1.807) is 11.9 Å². The van der Waals surface area contributed by atoms with Crippen LogP contribution in [0, 0.1) is 5.92 Å². The number of nitrogens with one attached hydrogen (secondary N) is 1. The van der Waals surface area contributed by atoms with E-state index in [2.05, 4.69) is 19.2 Å². The first-order valence-corrected chi connectivity index (χ1v) is 7.57. The van der Waals surface area contributed by atoms with Crippen LogP contribution in [-0.4, -0.2) is 40.6 Å². The maximum atomic E-state index is 12.3. The van der Waals surface area contributed by atoms with Crippen molar-refractivity contribution in [3.63, 3.8) is 0 Å². The van der Waals surface area contributed by atoms with Gasteiger partial charge in [-0.25, -0.2) is 9.59 Å². The van der Waals surface area contributed by atoms with Crippen molar-refractivity contribution in [3.05, 3.63) is 0 Å². The summed E-state index contributed by atoms with van der Waals surface area (Å²) in [4.78, 5) is 25.5. The van der Waals surface area contributed by atoms with E-state index in [-0.39, 0.29) is 12.1 Å². The van der Waals surface area contributed by atoms with Gasteiger partial charge in [-0.3, -0.25) is 0 Å². The Morgan fingerprint density at radius 3 is 2.20 bits per heavy atom. The molecule has 1 aliphatic carbocycles. The van der Waals surface area contributed by atoms with Crippen molar-refractivity contribution in [1.29, 1.82) is 0 Å². The van der Waals surface area contributed by atoms with Crippen LogP contribution in [0.15, 0.2) is 0 Å². The number of amides is 2. The Morgan fingerprint density at radius 1 is 1.20 bits per heavy atom. The molecule has 1 unspecified atom stereocenters. The number of hydrogen-bond donors (Lipinski definition) is 2. The minimum absolute atomic E-state index is 0.101. The van der Waals surface area contributed by atoms with Gasteiger partial charge in [0.05, 0.1) is 0 Å². The minimum atomic E-state index is -1.07. The number of carboxylic acid groups (broad SMARTS) is 1. The predicted molar refractivity (Wildman–Crippen MR) is 78.7 cm³/mol. The number of nitrogens with zero attached hydrogens (tertiary/aromatic N) is 1. The zero-order chi connectivity index (χ0) is 15.3. The van der Waals surface area contributed by atoms with E-state index in [0.717, 1.165) is 25.7 Å². The molecule has 0 saturated heterocycles. The lowest BCUT2D eigenvalue weighted by Gasteiger charge is -2.36. The number of rotatable bonds is 5. The highest BCUT2D eigenvalue weighted by Gasteiger charge is 2.41. The fourth-order valence-corrected chi connectivity index (χ4v) is 2.88. The highest BCUT2D eigenvalue weighted by molar-refractivity contribution is 5.86. The summed E-state index contributed by atoms with van der Waals surface area (Å²) >= 11 is 0. The van der Waals surface area contributed by atoms with Crippen molar-refractivity contribution in [2.45, 2.75) is 70.9 Å². The lowest BCUT2D eigenvalue weighted by Crippen LogP contribution is -2.59. The van der Waals surface area contributed by atoms with Crippen LogP contribution in [-0.2, 0) is 4.79 Å². The molecule has 1 atom stereocenters. The van der Waals surface area contributed by atoms with Crippen LogP contribution >= 0.6 is 0 Å². The number of carboxylic acids is 1. The van der Waals surface area contributed by atoms with Gasteiger partial charge >= 0.3 is 12.0 Å². The van der Waals surface area contributed by atoms with E-state index in [4.69, 9.17) is 0 Å². The van der Waals surface area contributed by atoms with Crippen molar-refractivity contribution in [2.24, 2.45) is 5.92 Å². The molecule has 0 aromatic carbocycles. The third kappa shape index (κ3) is 4.12. The third-order valence-electron chi connectivity index (χ3n) is 4.26. The smallest absolute Gasteiger partial charge is 0.329 e. The molecular weight excluding hydrogens is 256 g/mol. The quantitative estimate of drug-likeness (QED) is 0.815. The summed E-state index contributed by atoms with van der Waals surface area (Å²) in [5, 5.41) is 12.2. The normalized spacial score (nSPS) is 19.4. The van der Waals surface area contributed by atoms with Gasteiger partial charge in [0, 0.05) is 13.1 Å². The van der Waals surface area contributed by atoms with Gasteiger partial charge in [-0.2, -0.15) is 0 Å². The van der Waals surface area contributed by atoms with E-state index >= 15 is 0 Å². The Bertz CT molecular complexity index is 349. The molecule has 0 spiro atoms.